The zero-order valence-corrected chi connectivity index (χ0v) is 19.3. The summed E-state index contributed by atoms with van der Waals surface area (Å²) in [4.78, 5) is 4.03. The summed E-state index contributed by atoms with van der Waals surface area (Å²) < 4.78 is 15.3. The first-order chi connectivity index (χ1) is 15.2. The summed E-state index contributed by atoms with van der Waals surface area (Å²) in [5, 5.41) is 0. The molecule has 3 aromatic rings. The smallest absolute Gasteiger partial charge is 0.209 e. The van der Waals surface area contributed by atoms with Crippen molar-refractivity contribution in [3.63, 3.8) is 0 Å². The molecule has 0 unspecified atom stereocenters. The summed E-state index contributed by atoms with van der Waals surface area (Å²) in [7, 11) is 0. The predicted molar refractivity (Wildman–Crippen MR) is 133 cm³/mol. The molecule has 0 aliphatic rings. The molecule has 0 aliphatic heterocycles. The summed E-state index contributed by atoms with van der Waals surface area (Å²) in [6, 6.07) is 17.1. The SMILES string of the molecule is CCB(c1ccccc1)c1cccc(F)c1.CCCCCCCCCCn1ccnc1. The monoisotopic (exact) mass is 420 g/mol. The number of nitrogens with zero attached hydrogens (tertiary/aromatic N) is 2. The van der Waals surface area contributed by atoms with Gasteiger partial charge in [0, 0.05) is 18.9 Å². The fourth-order valence-corrected chi connectivity index (χ4v) is 3.92. The van der Waals surface area contributed by atoms with E-state index in [2.05, 4.69) is 35.5 Å². The molecule has 0 amide bonds. The van der Waals surface area contributed by atoms with Gasteiger partial charge in [0.2, 0.25) is 6.71 Å². The lowest BCUT2D eigenvalue weighted by atomic mass is 9.39. The summed E-state index contributed by atoms with van der Waals surface area (Å²) in [5.74, 6) is -0.160. The van der Waals surface area contributed by atoms with Crippen LogP contribution in [-0.4, -0.2) is 16.3 Å². The van der Waals surface area contributed by atoms with Gasteiger partial charge >= 0.3 is 0 Å². The Balaban J connectivity index is 0.000000221. The van der Waals surface area contributed by atoms with E-state index in [0.717, 1.165) is 18.3 Å². The standard InChI is InChI=1S/C14H14BF.C13H24N2/c1-2-15(12-7-4-3-5-8-12)13-9-6-10-14(16)11-13;1-2-3-4-5-6-7-8-9-11-15-12-10-14-13-15/h3-11H,2H2,1H3;10,12-13H,2-9,11H2,1H3. The van der Waals surface area contributed by atoms with Gasteiger partial charge in [-0.25, -0.2) is 9.37 Å². The van der Waals surface area contributed by atoms with Crippen molar-refractivity contribution < 1.29 is 4.39 Å². The average Bonchev–Trinajstić information content (AvgIpc) is 3.31. The van der Waals surface area contributed by atoms with E-state index in [0.29, 0.717) is 0 Å². The van der Waals surface area contributed by atoms with Gasteiger partial charge in [-0.1, -0.05) is 119 Å². The Morgan fingerprint density at radius 2 is 1.48 bits per heavy atom. The van der Waals surface area contributed by atoms with E-state index in [1.165, 1.54) is 62.9 Å². The van der Waals surface area contributed by atoms with E-state index < -0.39 is 0 Å². The minimum absolute atomic E-state index is 0.160. The molecule has 1 heterocycles. The van der Waals surface area contributed by atoms with E-state index in [-0.39, 0.29) is 12.5 Å². The first-order valence-corrected chi connectivity index (χ1v) is 12.0. The molecule has 0 aliphatic carbocycles. The number of halogens is 1. The van der Waals surface area contributed by atoms with Crippen molar-refractivity contribution in [2.45, 2.75) is 78.1 Å². The molecule has 1 aromatic heterocycles. The van der Waals surface area contributed by atoms with Crippen LogP contribution in [0.3, 0.4) is 0 Å². The Morgan fingerprint density at radius 3 is 2.10 bits per heavy atom. The lowest BCUT2D eigenvalue weighted by Crippen LogP contribution is -2.41. The number of aromatic nitrogens is 2. The van der Waals surface area contributed by atoms with Crippen LogP contribution in [-0.2, 0) is 6.54 Å². The Labute approximate surface area is 189 Å². The maximum atomic E-state index is 13.2. The summed E-state index contributed by atoms with van der Waals surface area (Å²) in [5.41, 5.74) is 2.30. The van der Waals surface area contributed by atoms with Gasteiger partial charge in [0.15, 0.2) is 0 Å². The van der Waals surface area contributed by atoms with Crippen molar-refractivity contribution in [3.05, 3.63) is 79.1 Å². The van der Waals surface area contributed by atoms with Crippen molar-refractivity contribution in [3.8, 4) is 0 Å². The molecule has 2 aromatic carbocycles. The molecule has 0 saturated carbocycles. The van der Waals surface area contributed by atoms with Gasteiger partial charge in [-0.05, 0) is 18.6 Å². The van der Waals surface area contributed by atoms with Gasteiger partial charge in [-0.15, -0.1) is 0 Å². The Hall–Kier alpha value is -2.36. The molecule has 0 saturated heterocycles. The van der Waals surface area contributed by atoms with Gasteiger partial charge in [-0.3, -0.25) is 0 Å². The number of aryl methyl sites for hydroxylation is 1. The average molecular weight is 420 g/mol. The first kappa shape index (κ1) is 24.9. The minimum Gasteiger partial charge on any atom is -0.337 e. The quantitative estimate of drug-likeness (QED) is 0.242. The van der Waals surface area contributed by atoms with Crippen LogP contribution in [0, 0.1) is 5.82 Å². The molecular weight excluding hydrogens is 382 g/mol. The first-order valence-electron chi connectivity index (χ1n) is 12.0. The summed E-state index contributed by atoms with van der Waals surface area (Å²) in [6.45, 7) is 5.82. The highest BCUT2D eigenvalue weighted by Crippen LogP contribution is 2.09. The van der Waals surface area contributed by atoms with Crippen LogP contribution >= 0.6 is 0 Å². The van der Waals surface area contributed by atoms with Crippen LogP contribution in [0.5, 0.6) is 0 Å². The minimum atomic E-state index is -0.160. The highest BCUT2D eigenvalue weighted by molar-refractivity contribution is 6.85. The fourth-order valence-electron chi connectivity index (χ4n) is 3.92. The number of rotatable bonds is 12. The highest BCUT2D eigenvalue weighted by atomic mass is 19.1. The zero-order chi connectivity index (χ0) is 22.2. The molecule has 0 radical (unpaired) electrons. The van der Waals surface area contributed by atoms with Gasteiger partial charge in [0.25, 0.3) is 0 Å². The van der Waals surface area contributed by atoms with E-state index in [1.54, 1.807) is 12.1 Å². The molecule has 0 fully saturated rings. The molecule has 0 atom stereocenters. The summed E-state index contributed by atoms with van der Waals surface area (Å²) >= 11 is 0. The van der Waals surface area contributed by atoms with Gasteiger partial charge in [0.1, 0.15) is 5.82 Å². The van der Waals surface area contributed by atoms with Crippen LogP contribution in [0.2, 0.25) is 6.32 Å². The van der Waals surface area contributed by atoms with Gasteiger partial charge < -0.3 is 4.57 Å². The topological polar surface area (TPSA) is 17.8 Å². The normalized spacial score (nSPS) is 10.4. The van der Waals surface area contributed by atoms with Crippen LogP contribution in [0.25, 0.3) is 0 Å². The van der Waals surface area contributed by atoms with Crippen molar-refractivity contribution in [2.75, 3.05) is 0 Å². The second-order valence-corrected chi connectivity index (χ2v) is 8.20. The number of unbranched alkanes of at least 4 members (excludes halogenated alkanes) is 7. The van der Waals surface area contributed by atoms with Gasteiger partial charge in [0.05, 0.1) is 6.33 Å². The van der Waals surface area contributed by atoms with Crippen LogP contribution < -0.4 is 10.9 Å². The number of hydrogen-bond acceptors (Lipinski definition) is 1. The maximum Gasteiger partial charge on any atom is 0.209 e. The molecule has 3 rings (SSSR count). The van der Waals surface area contributed by atoms with Crippen LogP contribution in [0.4, 0.5) is 4.39 Å². The molecule has 0 N–H and O–H groups in total. The van der Waals surface area contributed by atoms with Crippen molar-refractivity contribution in [1.82, 2.24) is 9.55 Å². The van der Waals surface area contributed by atoms with Crippen LogP contribution in [0.15, 0.2) is 73.3 Å². The Morgan fingerprint density at radius 1 is 0.806 bits per heavy atom. The van der Waals surface area contributed by atoms with Crippen molar-refractivity contribution in [2.24, 2.45) is 0 Å². The third kappa shape index (κ3) is 10.00. The molecule has 166 valence electrons. The predicted octanol–water partition coefficient (Wildman–Crippen LogP) is 6.48. The molecule has 0 spiro atoms. The van der Waals surface area contributed by atoms with E-state index >= 15 is 0 Å². The number of benzene rings is 2. The zero-order valence-electron chi connectivity index (χ0n) is 19.3. The van der Waals surface area contributed by atoms with Gasteiger partial charge in [-0.2, -0.15) is 0 Å². The number of hydrogen-bond donors (Lipinski definition) is 0. The third-order valence-electron chi connectivity index (χ3n) is 5.69. The lowest BCUT2D eigenvalue weighted by Gasteiger charge is -2.12. The largest absolute Gasteiger partial charge is 0.337 e. The second-order valence-electron chi connectivity index (χ2n) is 8.20. The molecule has 31 heavy (non-hydrogen) atoms. The van der Waals surface area contributed by atoms with Crippen molar-refractivity contribution in [1.29, 1.82) is 0 Å². The molecular formula is C27H38BFN2. The van der Waals surface area contributed by atoms with Crippen molar-refractivity contribution >= 4 is 17.6 Å². The van der Waals surface area contributed by atoms with Crippen LogP contribution in [0.1, 0.15) is 65.2 Å². The second kappa shape index (κ2) is 15.4. The molecule has 0 bridgehead atoms. The lowest BCUT2D eigenvalue weighted by molar-refractivity contribution is 0.543. The Bertz CT molecular complexity index is 805. The third-order valence-corrected chi connectivity index (χ3v) is 5.69. The fraction of sp³-hybridized carbons (Fsp3) is 0.444. The van der Waals surface area contributed by atoms with E-state index in [1.807, 2.05) is 43.0 Å². The Kier molecular flexibility index (Phi) is 12.4. The van der Waals surface area contributed by atoms with E-state index in [4.69, 9.17) is 0 Å². The highest BCUT2D eigenvalue weighted by Gasteiger charge is 2.16. The summed E-state index contributed by atoms with van der Waals surface area (Å²) in [6.07, 6.45) is 17.9. The van der Waals surface area contributed by atoms with E-state index in [9.17, 15) is 4.39 Å². The maximum absolute atomic E-state index is 13.2. The molecule has 2 nitrogen and oxygen atoms in total. The molecule has 4 heteroatoms. The number of imidazole rings is 1.